The van der Waals surface area contributed by atoms with Gasteiger partial charge in [-0.2, -0.15) is 0 Å². The SMILES string of the molecule is CN(C)CC(=O)N1CCC[C@H]1C(=O)N[C@@H](CCC(=O)OCc1ccccc1)C(=O)OCc1ccccc1. The lowest BCUT2D eigenvalue weighted by Gasteiger charge is -2.27. The number of benzene rings is 2. The van der Waals surface area contributed by atoms with Crippen molar-refractivity contribution in [3.63, 3.8) is 0 Å². The summed E-state index contributed by atoms with van der Waals surface area (Å²) in [5, 5.41) is 2.73. The van der Waals surface area contributed by atoms with Gasteiger partial charge in [-0.3, -0.25) is 14.4 Å². The van der Waals surface area contributed by atoms with Crippen LogP contribution in [0.25, 0.3) is 0 Å². The predicted molar refractivity (Wildman–Crippen MR) is 137 cm³/mol. The van der Waals surface area contributed by atoms with Gasteiger partial charge in [-0.1, -0.05) is 60.7 Å². The number of likely N-dealkylation sites (N-methyl/N-ethyl adjacent to an activating group) is 1. The number of ether oxygens (including phenoxy) is 2. The van der Waals surface area contributed by atoms with Gasteiger partial charge in [-0.25, -0.2) is 4.79 Å². The summed E-state index contributed by atoms with van der Waals surface area (Å²) in [6, 6.07) is 16.8. The van der Waals surface area contributed by atoms with Gasteiger partial charge in [0.05, 0.1) is 6.54 Å². The number of hydrogen-bond acceptors (Lipinski definition) is 7. The second-order valence-electron chi connectivity index (χ2n) is 9.32. The maximum Gasteiger partial charge on any atom is 0.328 e. The quantitative estimate of drug-likeness (QED) is 0.438. The third-order valence-corrected chi connectivity index (χ3v) is 6.03. The fourth-order valence-electron chi connectivity index (χ4n) is 4.12. The first-order valence-electron chi connectivity index (χ1n) is 12.5. The highest BCUT2D eigenvalue weighted by atomic mass is 16.5. The lowest BCUT2D eigenvalue weighted by atomic mass is 10.1. The summed E-state index contributed by atoms with van der Waals surface area (Å²) >= 11 is 0. The first-order chi connectivity index (χ1) is 17.8. The molecule has 2 amide bonds. The minimum atomic E-state index is -1.05. The molecule has 1 saturated heterocycles. The van der Waals surface area contributed by atoms with E-state index in [9.17, 15) is 19.2 Å². The standard InChI is InChI=1S/C28H35N3O6/c1-30(2)18-25(32)31-17-9-14-24(31)27(34)29-23(28(35)37-20-22-12-7-4-8-13-22)15-16-26(33)36-19-21-10-5-3-6-11-21/h3-8,10-13,23-24H,9,14-20H2,1-2H3,(H,29,34)/t23-,24-/m0/s1. The molecule has 0 saturated carbocycles. The Kier molecular flexibility index (Phi) is 10.6. The normalized spacial score (nSPS) is 15.8. The molecule has 1 aliphatic heterocycles. The van der Waals surface area contributed by atoms with Gasteiger partial charge < -0.3 is 24.6 Å². The molecular formula is C28H35N3O6. The summed E-state index contributed by atoms with van der Waals surface area (Å²) in [7, 11) is 3.58. The maximum atomic E-state index is 13.1. The van der Waals surface area contributed by atoms with Crippen LogP contribution in [0, 0.1) is 0 Å². The van der Waals surface area contributed by atoms with Crippen molar-refractivity contribution < 1.29 is 28.7 Å². The molecular weight excluding hydrogens is 474 g/mol. The maximum absolute atomic E-state index is 13.1. The van der Waals surface area contributed by atoms with Gasteiger partial charge in [-0.15, -0.1) is 0 Å². The highest BCUT2D eigenvalue weighted by molar-refractivity contribution is 5.91. The summed E-state index contributed by atoms with van der Waals surface area (Å²) in [4.78, 5) is 54.4. The zero-order valence-electron chi connectivity index (χ0n) is 21.4. The zero-order valence-corrected chi connectivity index (χ0v) is 21.4. The van der Waals surface area contributed by atoms with Crippen LogP contribution in [0.5, 0.6) is 0 Å². The van der Waals surface area contributed by atoms with E-state index in [0.29, 0.717) is 19.4 Å². The Morgan fingerprint density at radius 1 is 0.946 bits per heavy atom. The molecule has 0 spiro atoms. The lowest BCUT2D eigenvalue weighted by Crippen LogP contribution is -2.52. The number of hydrogen-bond donors (Lipinski definition) is 1. The van der Waals surface area contributed by atoms with Gasteiger partial charge in [0.1, 0.15) is 25.3 Å². The van der Waals surface area contributed by atoms with Crippen molar-refractivity contribution in [1.29, 1.82) is 0 Å². The Bertz CT molecular complexity index is 1040. The molecule has 37 heavy (non-hydrogen) atoms. The summed E-state index contributed by atoms with van der Waals surface area (Å²) in [5.74, 6) is -1.70. The molecule has 1 heterocycles. The van der Waals surface area contributed by atoms with Crippen LogP contribution in [0.15, 0.2) is 60.7 Å². The molecule has 9 nitrogen and oxygen atoms in total. The smallest absolute Gasteiger partial charge is 0.328 e. The predicted octanol–water partition coefficient (Wildman–Crippen LogP) is 2.29. The van der Waals surface area contributed by atoms with Crippen LogP contribution in [0.1, 0.15) is 36.8 Å². The van der Waals surface area contributed by atoms with E-state index >= 15 is 0 Å². The molecule has 1 N–H and O–H groups in total. The molecule has 2 aromatic carbocycles. The molecule has 0 bridgehead atoms. The number of nitrogens with one attached hydrogen (secondary N) is 1. The molecule has 1 fully saturated rings. The van der Waals surface area contributed by atoms with Gasteiger partial charge in [0, 0.05) is 13.0 Å². The van der Waals surface area contributed by atoms with Crippen molar-refractivity contribution in [2.24, 2.45) is 0 Å². The number of carbonyl (C=O) groups is 4. The lowest BCUT2D eigenvalue weighted by molar-refractivity contribution is -0.151. The van der Waals surface area contributed by atoms with E-state index in [0.717, 1.165) is 11.1 Å². The fourth-order valence-corrected chi connectivity index (χ4v) is 4.12. The average Bonchev–Trinajstić information content (AvgIpc) is 3.40. The van der Waals surface area contributed by atoms with Gasteiger partial charge in [0.25, 0.3) is 0 Å². The zero-order chi connectivity index (χ0) is 26.6. The van der Waals surface area contributed by atoms with Crippen molar-refractivity contribution >= 4 is 23.8 Å². The Labute approximate surface area is 217 Å². The van der Waals surface area contributed by atoms with Gasteiger partial charge in [0.2, 0.25) is 11.8 Å². The topological polar surface area (TPSA) is 105 Å². The minimum absolute atomic E-state index is 0.0192. The molecule has 198 valence electrons. The first kappa shape index (κ1) is 27.9. The molecule has 0 unspecified atom stereocenters. The molecule has 2 atom stereocenters. The molecule has 9 heteroatoms. The van der Waals surface area contributed by atoms with Crippen LogP contribution >= 0.6 is 0 Å². The Morgan fingerprint density at radius 3 is 2.14 bits per heavy atom. The van der Waals surface area contributed by atoms with Crippen LogP contribution in [0.3, 0.4) is 0 Å². The van der Waals surface area contributed by atoms with E-state index in [-0.39, 0.29) is 38.5 Å². The molecule has 2 aromatic rings. The molecule has 1 aliphatic rings. The highest BCUT2D eigenvalue weighted by Crippen LogP contribution is 2.18. The monoisotopic (exact) mass is 509 g/mol. The third kappa shape index (κ3) is 9.02. The number of likely N-dealkylation sites (tertiary alicyclic amines) is 1. The van der Waals surface area contributed by atoms with E-state index in [4.69, 9.17) is 9.47 Å². The fraction of sp³-hybridized carbons (Fsp3) is 0.429. The number of nitrogens with zero attached hydrogens (tertiary/aromatic N) is 2. The van der Waals surface area contributed by atoms with Crippen LogP contribution in [0.4, 0.5) is 0 Å². The van der Waals surface area contributed by atoms with E-state index in [1.165, 1.54) is 0 Å². The Morgan fingerprint density at radius 2 is 1.54 bits per heavy atom. The van der Waals surface area contributed by atoms with Gasteiger partial charge in [-0.05, 0) is 44.5 Å². The van der Waals surface area contributed by atoms with Crippen LogP contribution in [0.2, 0.25) is 0 Å². The number of amides is 2. The second kappa shape index (κ2) is 14.1. The summed E-state index contributed by atoms with van der Waals surface area (Å²) in [5.41, 5.74) is 1.66. The summed E-state index contributed by atoms with van der Waals surface area (Å²) in [6.07, 6.45) is 1.15. The van der Waals surface area contributed by atoms with Crippen molar-refractivity contribution in [2.45, 2.75) is 51.0 Å². The summed E-state index contributed by atoms with van der Waals surface area (Å²) < 4.78 is 10.8. The van der Waals surface area contributed by atoms with Crippen LogP contribution < -0.4 is 5.32 Å². The van der Waals surface area contributed by atoms with Gasteiger partial charge >= 0.3 is 11.9 Å². The van der Waals surface area contributed by atoms with Crippen molar-refractivity contribution in [1.82, 2.24) is 15.1 Å². The van der Waals surface area contributed by atoms with E-state index in [2.05, 4.69) is 5.32 Å². The Hall–Kier alpha value is -3.72. The average molecular weight is 510 g/mol. The number of carbonyl (C=O) groups excluding carboxylic acids is 4. The Balaban J connectivity index is 1.61. The number of rotatable bonds is 12. The van der Waals surface area contributed by atoms with Gasteiger partial charge in [0.15, 0.2) is 0 Å². The molecule has 0 aromatic heterocycles. The second-order valence-corrected chi connectivity index (χ2v) is 9.32. The van der Waals surface area contributed by atoms with Crippen LogP contribution in [-0.4, -0.2) is 72.8 Å². The van der Waals surface area contributed by atoms with Crippen molar-refractivity contribution in [3.8, 4) is 0 Å². The van der Waals surface area contributed by atoms with Crippen molar-refractivity contribution in [3.05, 3.63) is 71.8 Å². The number of esters is 2. The molecule has 3 rings (SSSR count). The third-order valence-electron chi connectivity index (χ3n) is 6.03. The van der Waals surface area contributed by atoms with E-state index in [1.54, 1.807) is 23.9 Å². The van der Waals surface area contributed by atoms with E-state index in [1.807, 2.05) is 60.7 Å². The highest BCUT2D eigenvalue weighted by Gasteiger charge is 2.36. The first-order valence-corrected chi connectivity index (χ1v) is 12.5. The summed E-state index contributed by atoms with van der Waals surface area (Å²) in [6.45, 7) is 0.848. The largest absolute Gasteiger partial charge is 0.461 e. The van der Waals surface area contributed by atoms with Crippen molar-refractivity contribution in [2.75, 3.05) is 27.2 Å². The van der Waals surface area contributed by atoms with Crippen LogP contribution in [-0.2, 0) is 41.9 Å². The molecule has 0 radical (unpaired) electrons. The molecule has 0 aliphatic carbocycles. The van der Waals surface area contributed by atoms with E-state index < -0.39 is 29.9 Å². The minimum Gasteiger partial charge on any atom is -0.461 e.